The van der Waals surface area contributed by atoms with E-state index in [0.717, 1.165) is 45.1 Å². The van der Waals surface area contributed by atoms with E-state index in [-0.39, 0.29) is 5.91 Å². The van der Waals surface area contributed by atoms with Crippen molar-refractivity contribution in [1.29, 1.82) is 0 Å². The molecular formula is C18H31N5O. The molecule has 1 saturated heterocycles. The summed E-state index contributed by atoms with van der Waals surface area (Å²) in [5.41, 5.74) is 1.26. The second-order valence-corrected chi connectivity index (χ2v) is 7.18. The quantitative estimate of drug-likeness (QED) is 0.898. The van der Waals surface area contributed by atoms with Crippen molar-refractivity contribution in [3.8, 4) is 0 Å². The van der Waals surface area contributed by atoms with Crippen molar-refractivity contribution < 1.29 is 4.79 Å². The summed E-state index contributed by atoms with van der Waals surface area (Å²) in [6.07, 6.45) is 6.57. The summed E-state index contributed by atoms with van der Waals surface area (Å²) in [6.45, 7) is 9.36. The first-order valence-corrected chi connectivity index (χ1v) is 9.41. The molecular weight excluding hydrogens is 302 g/mol. The van der Waals surface area contributed by atoms with Gasteiger partial charge in [0.1, 0.15) is 5.82 Å². The zero-order valence-corrected chi connectivity index (χ0v) is 15.1. The molecule has 0 radical (unpaired) electrons. The molecule has 0 bridgehead atoms. The third-order valence-corrected chi connectivity index (χ3v) is 5.39. The van der Waals surface area contributed by atoms with Crippen LogP contribution in [-0.2, 0) is 4.79 Å². The molecule has 1 amide bonds. The van der Waals surface area contributed by atoms with Crippen LogP contribution in [0.15, 0.2) is 6.07 Å². The highest BCUT2D eigenvalue weighted by atomic mass is 16.2. The number of anilines is 1. The molecule has 24 heavy (non-hydrogen) atoms. The molecule has 6 heteroatoms. The maximum absolute atomic E-state index is 11.4. The van der Waals surface area contributed by atoms with Crippen LogP contribution in [0.5, 0.6) is 0 Å². The van der Waals surface area contributed by atoms with Crippen LogP contribution in [0.2, 0.25) is 0 Å². The Balaban J connectivity index is 1.43. The molecule has 134 valence electrons. The molecule has 0 spiro atoms. The fraction of sp³-hybridized carbons (Fsp3) is 0.778. The van der Waals surface area contributed by atoms with Crippen molar-refractivity contribution in [2.24, 2.45) is 0 Å². The van der Waals surface area contributed by atoms with Gasteiger partial charge in [-0.05, 0) is 19.8 Å². The average molecular weight is 333 g/mol. The van der Waals surface area contributed by atoms with E-state index in [4.69, 9.17) is 5.10 Å². The molecule has 1 aromatic rings. The van der Waals surface area contributed by atoms with Crippen LogP contribution in [0.4, 0.5) is 5.82 Å². The zero-order valence-electron chi connectivity index (χ0n) is 15.1. The van der Waals surface area contributed by atoms with Crippen LogP contribution in [-0.4, -0.2) is 64.8 Å². The number of carbonyl (C=O) groups is 1. The molecule has 1 aliphatic carbocycles. The number of hydrogen-bond acceptors (Lipinski definition) is 4. The van der Waals surface area contributed by atoms with E-state index in [1.807, 2.05) is 4.90 Å². The Kier molecular flexibility index (Phi) is 5.76. The van der Waals surface area contributed by atoms with Crippen LogP contribution in [0.3, 0.4) is 0 Å². The largest absolute Gasteiger partial charge is 0.367 e. The molecule has 1 aromatic heterocycles. The van der Waals surface area contributed by atoms with Crippen LogP contribution >= 0.6 is 0 Å². The van der Waals surface area contributed by atoms with Gasteiger partial charge >= 0.3 is 0 Å². The minimum atomic E-state index is 0.191. The topological polar surface area (TPSA) is 53.4 Å². The summed E-state index contributed by atoms with van der Waals surface area (Å²) in [5, 5.41) is 8.26. The molecule has 0 unspecified atom stereocenters. The normalized spacial score (nSPS) is 20.3. The molecule has 0 atom stereocenters. The van der Waals surface area contributed by atoms with Crippen molar-refractivity contribution in [2.45, 2.75) is 52.0 Å². The Hall–Kier alpha value is -1.56. The summed E-state index contributed by atoms with van der Waals surface area (Å²) in [6, 6.07) is 2.76. The van der Waals surface area contributed by atoms with Crippen molar-refractivity contribution >= 4 is 11.7 Å². The fourth-order valence-electron chi connectivity index (χ4n) is 3.90. The zero-order chi connectivity index (χ0) is 16.9. The Bertz CT molecular complexity index is 542. The molecule has 2 heterocycles. The lowest BCUT2D eigenvalue weighted by Crippen LogP contribution is -2.49. The summed E-state index contributed by atoms with van der Waals surface area (Å²) in [4.78, 5) is 15.7. The van der Waals surface area contributed by atoms with E-state index in [1.165, 1.54) is 37.8 Å². The van der Waals surface area contributed by atoms with E-state index in [0.29, 0.717) is 6.04 Å². The number of piperazine rings is 1. The number of carbonyl (C=O) groups excluding carboxylic acids is 1. The van der Waals surface area contributed by atoms with Gasteiger partial charge in [-0.3, -0.25) is 14.4 Å². The lowest BCUT2D eigenvalue weighted by molar-refractivity contribution is -0.130. The van der Waals surface area contributed by atoms with Crippen LogP contribution < -0.4 is 5.32 Å². The summed E-state index contributed by atoms with van der Waals surface area (Å²) in [7, 11) is 0. The van der Waals surface area contributed by atoms with E-state index in [9.17, 15) is 4.79 Å². The number of rotatable bonds is 5. The van der Waals surface area contributed by atoms with E-state index in [1.54, 1.807) is 6.92 Å². The Morgan fingerprint density at radius 3 is 2.58 bits per heavy atom. The summed E-state index contributed by atoms with van der Waals surface area (Å²) in [5.74, 6) is 1.19. The van der Waals surface area contributed by atoms with Crippen LogP contribution in [0.1, 0.15) is 50.8 Å². The van der Waals surface area contributed by atoms with E-state index < -0.39 is 0 Å². The molecule has 0 aromatic carbocycles. The highest BCUT2D eigenvalue weighted by Crippen LogP contribution is 2.29. The van der Waals surface area contributed by atoms with Crippen LogP contribution in [0.25, 0.3) is 0 Å². The predicted molar refractivity (Wildman–Crippen MR) is 96.3 cm³/mol. The monoisotopic (exact) mass is 333 g/mol. The average Bonchev–Trinajstić information content (AvgIpc) is 2.97. The Morgan fingerprint density at radius 1 is 1.21 bits per heavy atom. The number of nitrogens with zero attached hydrogens (tertiary/aromatic N) is 4. The highest BCUT2D eigenvalue weighted by Gasteiger charge is 2.19. The number of hydrogen-bond donors (Lipinski definition) is 1. The molecule has 2 aliphatic rings. The predicted octanol–water partition coefficient (Wildman–Crippen LogP) is 2.27. The fourth-order valence-corrected chi connectivity index (χ4v) is 3.90. The maximum Gasteiger partial charge on any atom is 0.219 e. The standard InChI is InChI=1S/C18H31N5O/c1-15-14-18(20-23(15)17-6-4-3-5-7-17)19-8-9-21-10-12-22(13-11-21)16(2)24/h14,17H,3-13H2,1-2H3,(H,19,20). The van der Waals surface area contributed by atoms with Gasteiger partial charge in [0.05, 0.1) is 6.04 Å². The van der Waals surface area contributed by atoms with Gasteiger partial charge in [-0.25, -0.2) is 0 Å². The van der Waals surface area contributed by atoms with Crippen molar-refractivity contribution in [1.82, 2.24) is 19.6 Å². The first-order valence-electron chi connectivity index (χ1n) is 9.41. The second-order valence-electron chi connectivity index (χ2n) is 7.18. The van der Waals surface area contributed by atoms with Gasteiger partial charge in [-0.2, -0.15) is 5.10 Å². The molecule has 3 rings (SSSR count). The van der Waals surface area contributed by atoms with Gasteiger partial charge in [-0.1, -0.05) is 19.3 Å². The Labute approximate surface area is 145 Å². The van der Waals surface area contributed by atoms with Crippen molar-refractivity contribution in [2.75, 3.05) is 44.6 Å². The smallest absolute Gasteiger partial charge is 0.219 e. The summed E-state index contributed by atoms with van der Waals surface area (Å²) < 4.78 is 2.23. The van der Waals surface area contributed by atoms with Gasteiger partial charge in [0.15, 0.2) is 0 Å². The van der Waals surface area contributed by atoms with Gasteiger partial charge in [-0.15, -0.1) is 0 Å². The second kappa shape index (κ2) is 8.01. The van der Waals surface area contributed by atoms with E-state index in [2.05, 4.69) is 27.9 Å². The Morgan fingerprint density at radius 2 is 1.92 bits per heavy atom. The molecule has 1 N–H and O–H groups in total. The summed E-state index contributed by atoms with van der Waals surface area (Å²) >= 11 is 0. The molecule has 2 fully saturated rings. The highest BCUT2D eigenvalue weighted by molar-refractivity contribution is 5.73. The minimum Gasteiger partial charge on any atom is -0.367 e. The van der Waals surface area contributed by atoms with Gasteiger partial charge in [0, 0.05) is 58.0 Å². The first kappa shape index (κ1) is 17.3. The van der Waals surface area contributed by atoms with Gasteiger partial charge < -0.3 is 10.2 Å². The number of nitrogens with one attached hydrogen (secondary N) is 1. The minimum absolute atomic E-state index is 0.191. The van der Waals surface area contributed by atoms with E-state index >= 15 is 0 Å². The maximum atomic E-state index is 11.4. The van der Waals surface area contributed by atoms with Gasteiger partial charge in [0.25, 0.3) is 0 Å². The molecule has 1 saturated carbocycles. The number of amides is 1. The SMILES string of the molecule is CC(=O)N1CCN(CCNc2cc(C)n(C3CCCCC3)n2)CC1. The third kappa shape index (κ3) is 4.29. The third-order valence-electron chi connectivity index (χ3n) is 5.39. The lowest BCUT2D eigenvalue weighted by atomic mass is 9.95. The van der Waals surface area contributed by atoms with Gasteiger partial charge in [0.2, 0.25) is 5.91 Å². The molecule has 1 aliphatic heterocycles. The van der Waals surface area contributed by atoms with Crippen molar-refractivity contribution in [3.05, 3.63) is 11.8 Å². The lowest BCUT2D eigenvalue weighted by Gasteiger charge is -2.34. The number of aryl methyl sites for hydroxylation is 1. The molecule has 6 nitrogen and oxygen atoms in total. The van der Waals surface area contributed by atoms with Crippen molar-refractivity contribution in [3.63, 3.8) is 0 Å². The first-order chi connectivity index (χ1) is 11.6. The number of aromatic nitrogens is 2. The van der Waals surface area contributed by atoms with Crippen LogP contribution in [0, 0.1) is 6.92 Å².